The molecule has 8 heteroatoms. The highest BCUT2D eigenvalue weighted by Gasteiger charge is 2.55. The van der Waals surface area contributed by atoms with Gasteiger partial charge in [-0.2, -0.15) is 0 Å². The lowest BCUT2D eigenvalue weighted by Gasteiger charge is -2.35. The molecule has 1 aromatic heterocycles. The lowest BCUT2D eigenvalue weighted by molar-refractivity contribution is -0.683. The number of imidazole rings is 1. The third-order valence-electron chi connectivity index (χ3n) is 5.71. The number of imide groups is 1. The first-order valence-electron chi connectivity index (χ1n) is 8.96. The molecule has 0 saturated carbocycles. The van der Waals surface area contributed by atoms with Gasteiger partial charge in [0.25, 0.3) is 5.91 Å². The zero-order chi connectivity index (χ0) is 19.5. The Hall–Kier alpha value is -2.51. The number of hydrogen-bond acceptors (Lipinski definition) is 4. The largest absolute Gasteiger partial charge is 0.402 e. The zero-order valence-corrected chi connectivity index (χ0v) is 16.4. The van der Waals surface area contributed by atoms with Crippen LogP contribution in [0.3, 0.4) is 0 Å². The first-order valence-corrected chi connectivity index (χ1v) is 8.96. The Morgan fingerprint density at radius 1 is 1.27 bits per heavy atom. The predicted molar refractivity (Wildman–Crippen MR) is 95.4 cm³/mol. The molecule has 26 heavy (non-hydrogen) atoms. The molecule has 0 N–H and O–H groups in total. The molecular weight excluding hydrogens is 334 g/mol. The summed E-state index contributed by atoms with van der Waals surface area (Å²) < 4.78 is 4.01. The van der Waals surface area contributed by atoms with Crippen LogP contribution in [0.4, 0.5) is 10.7 Å². The summed E-state index contributed by atoms with van der Waals surface area (Å²) in [6.45, 7) is 11.1. The summed E-state index contributed by atoms with van der Waals surface area (Å²) in [5, 5.41) is 0. The maximum absolute atomic E-state index is 13.2. The van der Waals surface area contributed by atoms with E-state index in [1.54, 1.807) is 14.0 Å². The Kier molecular flexibility index (Phi) is 4.24. The maximum atomic E-state index is 13.2. The fourth-order valence-corrected chi connectivity index (χ4v) is 3.67. The Labute approximate surface area is 153 Å². The molecule has 2 aliphatic heterocycles. The highest BCUT2D eigenvalue weighted by Crippen LogP contribution is 2.34. The average molecular weight is 360 g/mol. The number of ketones is 1. The van der Waals surface area contributed by atoms with Gasteiger partial charge >= 0.3 is 12.0 Å². The number of urea groups is 1. The van der Waals surface area contributed by atoms with E-state index in [4.69, 9.17) is 0 Å². The van der Waals surface area contributed by atoms with Crippen molar-refractivity contribution in [2.75, 3.05) is 7.05 Å². The molecule has 1 fully saturated rings. The molecule has 1 saturated heterocycles. The van der Waals surface area contributed by atoms with Gasteiger partial charge in [0, 0.05) is 7.05 Å². The van der Waals surface area contributed by atoms with Gasteiger partial charge < -0.3 is 0 Å². The van der Waals surface area contributed by atoms with Crippen LogP contribution < -0.4 is 4.57 Å². The average Bonchev–Trinajstić information content (AvgIpc) is 3.08. The van der Waals surface area contributed by atoms with Crippen LogP contribution in [0.15, 0.2) is 4.99 Å². The number of aliphatic imine (C=N–C) groups is 1. The third kappa shape index (κ3) is 2.24. The molecule has 0 radical (unpaired) electrons. The van der Waals surface area contributed by atoms with Gasteiger partial charge in [-0.05, 0) is 41.0 Å². The second-order valence-electron chi connectivity index (χ2n) is 7.18. The summed E-state index contributed by atoms with van der Waals surface area (Å²) in [6.07, 6.45) is 0.924. The molecule has 3 amide bonds. The topological polar surface area (TPSA) is 78.9 Å². The number of Topliss-reactive ketones (excluding diaryl/α,β-unsaturated/α-hetero) is 1. The Morgan fingerprint density at radius 2 is 1.88 bits per heavy atom. The molecule has 3 unspecified atom stereocenters. The van der Waals surface area contributed by atoms with E-state index in [9.17, 15) is 14.4 Å². The summed E-state index contributed by atoms with van der Waals surface area (Å²) in [6, 6.07) is -1.80. The van der Waals surface area contributed by atoms with Gasteiger partial charge in [-0.1, -0.05) is 11.9 Å². The molecule has 1 aromatic rings. The van der Waals surface area contributed by atoms with Gasteiger partial charge in [-0.3, -0.25) is 14.5 Å². The lowest BCUT2D eigenvalue weighted by Crippen LogP contribution is -2.65. The highest BCUT2D eigenvalue weighted by molar-refractivity contribution is 6.20. The number of nitrogens with zero attached hydrogens (tertiary/aromatic N) is 5. The second-order valence-corrected chi connectivity index (χ2v) is 7.18. The van der Waals surface area contributed by atoms with Crippen LogP contribution in [-0.4, -0.2) is 51.0 Å². The minimum Gasteiger partial charge on any atom is -0.298 e. The molecule has 8 nitrogen and oxygen atoms in total. The van der Waals surface area contributed by atoms with Crippen LogP contribution in [0, 0.1) is 13.8 Å². The standard InChI is InChI=1S/C18H26N5O3/c1-8-9(2)21-10(3)11(4)22-14-15(19-17(21)22)20(7)18(26)23(16(14)25)12(5)13(6)24/h9,12,14H,8H2,1-7H3/q+1. The zero-order valence-electron chi connectivity index (χ0n) is 16.4. The quantitative estimate of drug-likeness (QED) is 0.768. The molecule has 0 bridgehead atoms. The van der Waals surface area contributed by atoms with Crippen molar-refractivity contribution in [1.29, 1.82) is 0 Å². The van der Waals surface area contributed by atoms with Crippen molar-refractivity contribution < 1.29 is 19.0 Å². The fraction of sp³-hybridized carbons (Fsp3) is 0.611. The van der Waals surface area contributed by atoms with E-state index in [1.165, 1.54) is 11.8 Å². The van der Waals surface area contributed by atoms with Gasteiger partial charge in [-0.25, -0.2) is 18.8 Å². The van der Waals surface area contributed by atoms with Crippen molar-refractivity contribution in [1.82, 2.24) is 14.4 Å². The number of amides is 3. The minimum atomic E-state index is -0.804. The van der Waals surface area contributed by atoms with E-state index in [0.29, 0.717) is 11.8 Å². The van der Waals surface area contributed by atoms with Crippen LogP contribution in [0.5, 0.6) is 0 Å². The first-order chi connectivity index (χ1) is 12.1. The Morgan fingerprint density at radius 3 is 2.42 bits per heavy atom. The second kappa shape index (κ2) is 6.03. The van der Waals surface area contributed by atoms with Gasteiger partial charge in [-0.15, -0.1) is 0 Å². The first kappa shape index (κ1) is 18.3. The predicted octanol–water partition coefficient (Wildman–Crippen LogP) is 1.82. The van der Waals surface area contributed by atoms with E-state index in [2.05, 4.69) is 23.4 Å². The molecule has 0 aliphatic carbocycles. The van der Waals surface area contributed by atoms with Crippen molar-refractivity contribution >= 4 is 29.5 Å². The van der Waals surface area contributed by atoms with Crippen molar-refractivity contribution in [2.45, 2.75) is 66.1 Å². The van der Waals surface area contributed by atoms with E-state index < -0.39 is 24.0 Å². The van der Waals surface area contributed by atoms with E-state index in [1.807, 2.05) is 18.4 Å². The number of likely N-dealkylation sites (N-methyl/N-ethyl adjacent to an activating group) is 1. The summed E-state index contributed by atoms with van der Waals surface area (Å²) in [5.41, 5.74) is 1.99. The van der Waals surface area contributed by atoms with Crippen molar-refractivity contribution in [2.24, 2.45) is 4.99 Å². The van der Waals surface area contributed by atoms with Crippen molar-refractivity contribution in [3.05, 3.63) is 11.4 Å². The SMILES string of the molecule is CCC(C)n1c(C)c(C)[n+]2c1N=C1C2C(=O)N(C(C)C(C)=O)C(=O)N1C. The summed E-state index contributed by atoms with van der Waals surface area (Å²) in [5.74, 6) is 0.471. The van der Waals surface area contributed by atoms with E-state index in [0.717, 1.165) is 22.7 Å². The van der Waals surface area contributed by atoms with Gasteiger partial charge in [0.05, 0.1) is 12.1 Å². The number of fused-ring (bicyclic) bond motifs is 3. The van der Waals surface area contributed by atoms with Crippen LogP contribution in [0.2, 0.25) is 0 Å². The molecule has 0 aromatic carbocycles. The van der Waals surface area contributed by atoms with Crippen molar-refractivity contribution in [3.8, 4) is 0 Å². The molecular formula is C18H26N5O3+. The lowest BCUT2D eigenvalue weighted by atomic mass is 10.1. The molecule has 3 heterocycles. The van der Waals surface area contributed by atoms with Gasteiger partial charge in [0.1, 0.15) is 11.4 Å². The molecule has 140 valence electrons. The molecule has 3 rings (SSSR count). The molecule has 0 spiro atoms. The normalized spacial score (nSPS) is 21.5. The fourth-order valence-electron chi connectivity index (χ4n) is 3.67. The van der Waals surface area contributed by atoms with E-state index >= 15 is 0 Å². The summed E-state index contributed by atoms with van der Waals surface area (Å²) in [4.78, 5) is 44.8. The number of hydrogen-bond donors (Lipinski definition) is 0. The smallest absolute Gasteiger partial charge is 0.298 e. The van der Waals surface area contributed by atoms with E-state index in [-0.39, 0.29) is 11.8 Å². The van der Waals surface area contributed by atoms with Crippen LogP contribution in [-0.2, 0) is 9.59 Å². The molecule has 3 atom stereocenters. The van der Waals surface area contributed by atoms with Crippen molar-refractivity contribution in [3.63, 3.8) is 0 Å². The molecule has 2 aliphatic rings. The van der Waals surface area contributed by atoms with Crippen LogP contribution in [0.25, 0.3) is 0 Å². The summed E-state index contributed by atoms with van der Waals surface area (Å²) >= 11 is 0. The van der Waals surface area contributed by atoms with Crippen LogP contribution >= 0.6 is 0 Å². The number of carbonyl (C=O) groups excluding carboxylic acids is 3. The Bertz CT molecular complexity index is 853. The maximum Gasteiger partial charge on any atom is 0.402 e. The highest BCUT2D eigenvalue weighted by atomic mass is 16.2. The monoisotopic (exact) mass is 360 g/mol. The third-order valence-corrected chi connectivity index (χ3v) is 5.71. The van der Waals surface area contributed by atoms with Crippen LogP contribution in [0.1, 0.15) is 57.6 Å². The Balaban J connectivity index is 2.18. The minimum absolute atomic E-state index is 0.220. The number of aromatic nitrogens is 2. The van der Waals surface area contributed by atoms with Gasteiger partial charge in [0.2, 0.25) is 11.9 Å². The summed E-state index contributed by atoms with van der Waals surface area (Å²) in [7, 11) is 1.60. The number of carbonyl (C=O) groups is 3. The number of rotatable bonds is 4. The van der Waals surface area contributed by atoms with Gasteiger partial charge in [0.15, 0.2) is 5.78 Å². The number of amidine groups is 1.